The van der Waals surface area contributed by atoms with Gasteiger partial charge in [0.05, 0.1) is 6.61 Å². The van der Waals surface area contributed by atoms with E-state index in [4.69, 9.17) is 4.74 Å². The molecular formula is C11H19NO2. The number of ether oxygens (including phenoxy) is 1. The summed E-state index contributed by atoms with van der Waals surface area (Å²) in [6.07, 6.45) is 3.26. The molecule has 0 saturated carbocycles. The lowest BCUT2D eigenvalue weighted by Gasteiger charge is -2.20. The van der Waals surface area contributed by atoms with Crippen LogP contribution in [-0.2, 0) is 9.53 Å². The summed E-state index contributed by atoms with van der Waals surface area (Å²) in [5, 5.41) is 3.27. The number of ketones is 1. The van der Waals surface area contributed by atoms with Crippen LogP contribution in [0, 0.1) is 0 Å². The molecule has 0 unspecified atom stereocenters. The molecule has 80 valence electrons. The van der Waals surface area contributed by atoms with Gasteiger partial charge >= 0.3 is 0 Å². The Hall–Kier alpha value is -0.830. The minimum absolute atomic E-state index is 0.0746. The smallest absolute Gasteiger partial charge is 0.198 e. The van der Waals surface area contributed by atoms with Crippen LogP contribution in [-0.4, -0.2) is 24.5 Å². The molecule has 3 heteroatoms. The van der Waals surface area contributed by atoms with Crippen molar-refractivity contribution < 1.29 is 9.53 Å². The molecule has 0 saturated heterocycles. The molecule has 0 aliphatic carbocycles. The SMILES string of the molecule is CC(C)(C)NCCC(=O)C1=CCCO1. The van der Waals surface area contributed by atoms with Crippen molar-refractivity contribution in [1.82, 2.24) is 5.32 Å². The molecule has 0 aromatic rings. The summed E-state index contributed by atoms with van der Waals surface area (Å²) in [5.41, 5.74) is 0.0746. The average Bonchev–Trinajstić information content (AvgIpc) is 2.53. The molecule has 0 radical (unpaired) electrons. The van der Waals surface area contributed by atoms with Crippen LogP contribution in [0.1, 0.15) is 33.6 Å². The molecule has 1 heterocycles. The zero-order chi connectivity index (χ0) is 10.6. The highest BCUT2D eigenvalue weighted by atomic mass is 16.5. The molecule has 0 spiro atoms. The summed E-state index contributed by atoms with van der Waals surface area (Å²) < 4.78 is 5.18. The number of nitrogens with one attached hydrogen (secondary N) is 1. The first-order chi connectivity index (χ1) is 6.49. The molecule has 0 amide bonds. The standard InChI is InChI=1S/C11H19NO2/c1-11(2,3)12-7-6-9(13)10-5-4-8-14-10/h5,12H,4,6-8H2,1-3H3. The van der Waals surface area contributed by atoms with Gasteiger partial charge in [-0.1, -0.05) is 0 Å². The molecular weight excluding hydrogens is 178 g/mol. The van der Waals surface area contributed by atoms with Gasteiger partial charge in [-0.25, -0.2) is 0 Å². The number of rotatable bonds is 4. The zero-order valence-corrected chi connectivity index (χ0v) is 9.22. The summed E-state index contributed by atoms with van der Waals surface area (Å²) in [7, 11) is 0. The maximum absolute atomic E-state index is 11.5. The Labute approximate surface area is 85.5 Å². The molecule has 0 bridgehead atoms. The van der Waals surface area contributed by atoms with Gasteiger partial charge in [-0.05, 0) is 26.8 Å². The number of allylic oxidation sites excluding steroid dienone is 1. The highest BCUT2D eigenvalue weighted by Gasteiger charge is 2.15. The predicted octanol–water partition coefficient (Wildman–Crippen LogP) is 1.64. The topological polar surface area (TPSA) is 38.3 Å². The maximum atomic E-state index is 11.5. The molecule has 0 aromatic heterocycles. The molecule has 3 nitrogen and oxygen atoms in total. The highest BCUT2D eigenvalue weighted by Crippen LogP contribution is 2.11. The fourth-order valence-electron chi connectivity index (χ4n) is 1.29. The van der Waals surface area contributed by atoms with E-state index >= 15 is 0 Å². The van der Waals surface area contributed by atoms with Crippen LogP contribution in [0.3, 0.4) is 0 Å². The minimum Gasteiger partial charge on any atom is -0.490 e. The normalized spacial score (nSPS) is 16.4. The van der Waals surface area contributed by atoms with Crippen LogP contribution in [0.2, 0.25) is 0 Å². The first-order valence-corrected chi connectivity index (χ1v) is 5.10. The second kappa shape index (κ2) is 4.60. The molecule has 1 aliphatic rings. The van der Waals surface area contributed by atoms with Crippen LogP contribution < -0.4 is 5.32 Å². The van der Waals surface area contributed by atoms with Crippen LogP contribution in [0.25, 0.3) is 0 Å². The number of carbonyl (C=O) groups is 1. The van der Waals surface area contributed by atoms with E-state index in [-0.39, 0.29) is 11.3 Å². The zero-order valence-electron chi connectivity index (χ0n) is 9.22. The van der Waals surface area contributed by atoms with Gasteiger partial charge in [0.25, 0.3) is 0 Å². The Kier molecular flexibility index (Phi) is 3.69. The van der Waals surface area contributed by atoms with Crippen LogP contribution in [0.4, 0.5) is 0 Å². The third-order valence-corrected chi connectivity index (χ3v) is 1.99. The van der Waals surface area contributed by atoms with E-state index < -0.39 is 0 Å². The highest BCUT2D eigenvalue weighted by molar-refractivity contribution is 5.93. The number of Topliss-reactive ketones (excluding diaryl/α,β-unsaturated/α-hetero) is 1. The van der Waals surface area contributed by atoms with Crippen molar-refractivity contribution in [3.63, 3.8) is 0 Å². The van der Waals surface area contributed by atoms with Gasteiger partial charge in [0.15, 0.2) is 11.5 Å². The first-order valence-electron chi connectivity index (χ1n) is 5.10. The van der Waals surface area contributed by atoms with Gasteiger partial charge < -0.3 is 10.1 Å². The summed E-state index contributed by atoms with van der Waals surface area (Å²) in [6.45, 7) is 7.63. The van der Waals surface area contributed by atoms with Crippen molar-refractivity contribution in [3.05, 3.63) is 11.8 Å². The Balaban J connectivity index is 2.22. The summed E-state index contributed by atoms with van der Waals surface area (Å²) in [6, 6.07) is 0. The largest absolute Gasteiger partial charge is 0.490 e. The predicted molar refractivity (Wildman–Crippen MR) is 56.0 cm³/mol. The van der Waals surface area contributed by atoms with Gasteiger partial charge in [-0.15, -0.1) is 0 Å². The van der Waals surface area contributed by atoms with Crippen LogP contribution >= 0.6 is 0 Å². The quantitative estimate of drug-likeness (QED) is 0.744. The second-order valence-electron chi connectivity index (χ2n) is 4.56. The molecule has 1 N–H and O–H groups in total. The average molecular weight is 197 g/mol. The van der Waals surface area contributed by atoms with E-state index in [1.165, 1.54) is 0 Å². The fraction of sp³-hybridized carbons (Fsp3) is 0.727. The van der Waals surface area contributed by atoms with Crippen molar-refractivity contribution in [1.29, 1.82) is 0 Å². The summed E-state index contributed by atoms with van der Waals surface area (Å²) in [4.78, 5) is 11.5. The van der Waals surface area contributed by atoms with E-state index in [2.05, 4.69) is 26.1 Å². The van der Waals surface area contributed by atoms with Crippen molar-refractivity contribution in [2.75, 3.05) is 13.2 Å². The molecule has 1 aliphatic heterocycles. The van der Waals surface area contributed by atoms with Crippen molar-refractivity contribution >= 4 is 5.78 Å². The van der Waals surface area contributed by atoms with Gasteiger partial charge in [-0.3, -0.25) is 4.79 Å². The third kappa shape index (κ3) is 3.92. The first kappa shape index (κ1) is 11.2. The van der Waals surface area contributed by atoms with Crippen LogP contribution in [0.5, 0.6) is 0 Å². The molecule has 0 aromatic carbocycles. The second-order valence-corrected chi connectivity index (χ2v) is 4.56. The van der Waals surface area contributed by atoms with Crippen LogP contribution in [0.15, 0.2) is 11.8 Å². The number of carbonyl (C=O) groups excluding carboxylic acids is 1. The number of hydrogen-bond donors (Lipinski definition) is 1. The van der Waals surface area contributed by atoms with E-state index in [1.807, 2.05) is 6.08 Å². The van der Waals surface area contributed by atoms with Gasteiger partial charge in [0.2, 0.25) is 0 Å². The lowest BCUT2D eigenvalue weighted by molar-refractivity contribution is -0.118. The Morgan fingerprint density at radius 3 is 2.79 bits per heavy atom. The summed E-state index contributed by atoms with van der Waals surface area (Å²) in [5.74, 6) is 0.667. The van der Waals surface area contributed by atoms with E-state index in [0.717, 1.165) is 6.42 Å². The van der Waals surface area contributed by atoms with Crippen molar-refractivity contribution in [2.45, 2.75) is 39.2 Å². The van der Waals surface area contributed by atoms with Gasteiger partial charge in [0, 0.05) is 24.9 Å². The molecule has 0 atom stereocenters. The van der Waals surface area contributed by atoms with Gasteiger partial charge in [0.1, 0.15) is 0 Å². The molecule has 1 rings (SSSR count). The van der Waals surface area contributed by atoms with E-state index in [0.29, 0.717) is 25.3 Å². The Bertz CT molecular complexity index is 238. The minimum atomic E-state index is 0.0746. The lowest BCUT2D eigenvalue weighted by Crippen LogP contribution is -2.37. The van der Waals surface area contributed by atoms with E-state index in [9.17, 15) is 4.79 Å². The van der Waals surface area contributed by atoms with Gasteiger partial charge in [-0.2, -0.15) is 0 Å². The van der Waals surface area contributed by atoms with E-state index in [1.54, 1.807) is 0 Å². The van der Waals surface area contributed by atoms with Crippen molar-refractivity contribution in [3.8, 4) is 0 Å². The third-order valence-electron chi connectivity index (χ3n) is 1.99. The lowest BCUT2D eigenvalue weighted by atomic mass is 10.1. The summed E-state index contributed by atoms with van der Waals surface area (Å²) >= 11 is 0. The molecule has 0 fully saturated rings. The monoisotopic (exact) mass is 197 g/mol. The Morgan fingerprint density at radius 1 is 1.57 bits per heavy atom. The Morgan fingerprint density at radius 2 is 2.29 bits per heavy atom. The number of hydrogen-bond acceptors (Lipinski definition) is 3. The fourth-order valence-corrected chi connectivity index (χ4v) is 1.29. The van der Waals surface area contributed by atoms with Crippen molar-refractivity contribution in [2.24, 2.45) is 0 Å². The maximum Gasteiger partial charge on any atom is 0.198 e. The molecule has 14 heavy (non-hydrogen) atoms.